The predicted octanol–water partition coefficient (Wildman–Crippen LogP) is 2.89. The highest BCUT2D eigenvalue weighted by Crippen LogP contribution is 2.47. The van der Waals surface area contributed by atoms with E-state index in [1.807, 2.05) is 0 Å². The lowest BCUT2D eigenvalue weighted by Gasteiger charge is -2.16. The highest BCUT2D eigenvalue weighted by atomic mass is 14.8. The summed E-state index contributed by atoms with van der Waals surface area (Å²) >= 11 is 0. The molecule has 0 spiro atoms. The van der Waals surface area contributed by atoms with Gasteiger partial charge in [0.1, 0.15) is 0 Å². The lowest BCUT2D eigenvalue weighted by molar-refractivity contribution is 0.623. The lowest BCUT2D eigenvalue weighted by atomic mass is 9.93. The molecular formula is C14H21N. The van der Waals surface area contributed by atoms with E-state index in [0.717, 1.165) is 6.54 Å². The van der Waals surface area contributed by atoms with E-state index in [0.29, 0.717) is 5.41 Å². The van der Waals surface area contributed by atoms with Crippen LogP contribution in [0.3, 0.4) is 0 Å². The third-order valence-electron chi connectivity index (χ3n) is 3.45. The summed E-state index contributed by atoms with van der Waals surface area (Å²) in [6, 6.07) is 9.18. The molecule has 1 heteroatoms. The maximum Gasteiger partial charge on any atom is 0.00784 e. The van der Waals surface area contributed by atoms with Gasteiger partial charge in [-0.25, -0.2) is 0 Å². The van der Waals surface area contributed by atoms with Crippen molar-refractivity contribution in [2.45, 2.75) is 38.0 Å². The fourth-order valence-corrected chi connectivity index (χ4v) is 2.40. The van der Waals surface area contributed by atoms with Gasteiger partial charge >= 0.3 is 0 Å². The summed E-state index contributed by atoms with van der Waals surface area (Å²) in [6.45, 7) is 3.37. The second-order valence-electron chi connectivity index (χ2n) is 4.76. The van der Waals surface area contributed by atoms with Crippen molar-refractivity contribution in [3.63, 3.8) is 0 Å². The molecule has 0 bridgehead atoms. The summed E-state index contributed by atoms with van der Waals surface area (Å²) in [7, 11) is 2.05. The van der Waals surface area contributed by atoms with Crippen molar-refractivity contribution in [2.24, 2.45) is 0 Å². The smallest absolute Gasteiger partial charge is 0.00784 e. The number of hydrogen-bond acceptors (Lipinski definition) is 1. The summed E-state index contributed by atoms with van der Waals surface area (Å²) in [5.74, 6) is 0. The van der Waals surface area contributed by atoms with Crippen LogP contribution in [-0.4, -0.2) is 13.6 Å². The predicted molar refractivity (Wildman–Crippen MR) is 65.3 cm³/mol. The number of rotatable bonds is 5. The Balaban J connectivity index is 2.17. The van der Waals surface area contributed by atoms with Crippen LogP contribution < -0.4 is 5.32 Å². The zero-order chi connectivity index (χ0) is 10.7. The van der Waals surface area contributed by atoms with Crippen LogP contribution in [-0.2, 0) is 11.8 Å². The average Bonchev–Trinajstić information content (AvgIpc) is 3.01. The molecule has 0 aliphatic heterocycles. The topological polar surface area (TPSA) is 12.0 Å². The molecule has 0 radical (unpaired) electrons. The molecule has 1 aromatic carbocycles. The second kappa shape index (κ2) is 4.36. The van der Waals surface area contributed by atoms with Gasteiger partial charge in [0, 0.05) is 12.0 Å². The van der Waals surface area contributed by atoms with Crippen molar-refractivity contribution in [1.29, 1.82) is 0 Å². The van der Waals surface area contributed by atoms with Crippen molar-refractivity contribution >= 4 is 0 Å². The van der Waals surface area contributed by atoms with Gasteiger partial charge in [-0.1, -0.05) is 37.6 Å². The third-order valence-corrected chi connectivity index (χ3v) is 3.45. The van der Waals surface area contributed by atoms with E-state index in [4.69, 9.17) is 0 Å². The van der Waals surface area contributed by atoms with Crippen molar-refractivity contribution in [3.8, 4) is 0 Å². The van der Waals surface area contributed by atoms with Gasteiger partial charge in [0.25, 0.3) is 0 Å². The Morgan fingerprint density at radius 1 is 1.33 bits per heavy atom. The van der Waals surface area contributed by atoms with Crippen LogP contribution in [0.15, 0.2) is 24.3 Å². The Morgan fingerprint density at radius 2 is 2.13 bits per heavy atom. The first-order valence-electron chi connectivity index (χ1n) is 6.05. The normalized spacial score (nSPS) is 17.7. The molecule has 1 aromatic rings. The molecule has 0 unspecified atom stereocenters. The van der Waals surface area contributed by atoms with Crippen molar-refractivity contribution in [3.05, 3.63) is 35.4 Å². The molecule has 1 saturated carbocycles. The van der Waals surface area contributed by atoms with Gasteiger partial charge in [-0.3, -0.25) is 0 Å². The molecule has 1 aliphatic rings. The Kier molecular flexibility index (Phi) is 3.11. The molecule has 1 N–H and O–H groups in total. The number of hydrogen-bond donors (Lipinski definition) is 1. The molecule has 1 fully saturated rings. The highest BCUT2D eigenvalue weighted by molar-refractivity contribution is 5.35. The first-order chi connectivity index (χ1) is 7.30. The fraction of sp³-hybridized carbons (Fsp3) is 0.571. The van der Waals surface area contributed by atoms with Crippen LogP contribution in [0.4, 0.5) is 0 Å². The summed E-state index contributed by atoms with van der Waals surface area (Å²) in [6.07, 6.45) is 5.15. The largest absolute Gasteiger partial charge is 0.319 e. The Morgan fingerprint density at radius 3 is 2.73 bits per heavy atom. The van der Waals surface area contributed by atoms with Crippen LogP contribution in [0.25, 0.3) is 0 Å². The number of aryl methyl sites for hydroxylation is 1. The first-order valence-corrected chi connectivity index (χ1v) is 6.05. The molecule has 0 heterocycles. The summed E-state index contributed by atoms with van der Waals surface area (Å²) in [4.78, 5) is 0. The zero-order valence-corrected chi connectivity index (χ0v) is 9.84. The summed E-state index contributed by atoms with van der Waals surface area (Å²) in [5.41, 5.74) is 3.51. The Hall–Kier alpha value is -0.820. The van der Waals surface area contributed by atoms with Gasteiger partial charge in [0.2, 0.25) is 0 Å². The SMILES string of the molecule is CCCc1cccc(C2(CNC)CC2)c1. The number of benzene rings is 1. The number of likely N-dealkylation sites (N-methyl/N-ethyl adjacent to an activating group) is 1. The van der Waals surface area contributed by atoms with E-state index >= 15 is 0 Å². The van der Waals surface area contributed by atoms with Gasteiger partial charge in [0.05, 0.1) is 0 Å². The second-order valence-corrected chi connectivity index (χ2v) is 4.76. The molecular weight excluding hydrogens is 182 g/mol. The van der Waals surface area contributed by atoms with Crippen molar-refractivity contribution in [2.75, 3.05) is 13.6 Å². The summed E-state index contributed by atoms with van der Waals surface area (Å²) in [5, 5.41) is 3.32. The maximum absolute atomic E-state index is 3.32. The van der Waals surface area contributed by atoms with Crippen molar-refractivity contribution < 1.29 is 0 Å². The van der Waals surface area contributed by atoms with Crippen LogP contribution in [0.2, 0.25) is 0 Å². The van der Waals surface area contributed by atoms with Crippen LogP contribution in [0, 0.1) is 0 Å². The molecule has 82 valence electrons. The van der Waals surface area contributed by atoms with Crippen LogP contribution in [0.1, 0.15) is 37.3 Å². The molecule has 15 heavy (non-hydrogen) atoms. The van der Waals surface area contributed by atoms with E-state index in [1.165, 1.54) is 31.2 Å². The monoisotopic (exact) mass is 203 g/mol. The Labute approximate surface area is 92.9 Å². The van der Waals surface area contributed by atoms with Gasteiger partial charge in [-0.05, 0) is 37.4 Å². The first kappa shape index (κ1) is 10.7. The standard InChI is InChI=1S/C14H21N/c1-3-5-12-6-4-7-13(10-12)14(8-9-14)11-15-2/h4,6-7,10,15H,3,5,8-9,11H2,1-2H3. The van der Waals surface area contributed by atoms with Crippen molar-refractivity contribution in [1.82, 2.24) is 5.32 Å². The average molecular weight is 203 g/mol. The zero-order valence-electron chi connectivity index (χ0n) is 9.84. The highest BCUT2D eigenvalue weighted by Gasteiger charge is 2.43. The fourth-order valence-electron chi connectivity index (χ4n) is 2.40. The van der Waals surface area contributed by atoms with Gasteiger partial charge in [-0.15, -0.1) is 0 Å². The van der Waals surface area contributed by atoms with E-state index in [1.54, 1.807) is 5.56 Å². The Bertz CT molecular complexity index is 326. The minimum Gasteiger partial charge on any atom is -0.319 e. The van der Waals surface area contributed by atoms with Crippen LogP contribution in [0.5, 0.6) is 0 Å². The molecule has 0 aromatic heterocycles. The maximum atomic E-state index is 3.32. The summed E-state index contributed by atoms with van der Waals surface area (Å²) < 4.78 is 0. The number of nitrogens with one attached hydrogen (secondary N) is 1. The molecule has 2 rings (SSSR count). The molecule has 0 saturated heterocycles. The quantitative estimate of drug-likeness (QED) is 0.776. The lowest BCUT2D eigenvalue weighted by Crippen LogP contribution is -2.23. The van der Waals surface area contributed by atoms with E-state index in [-0.39, 0.29) is 0 Å². The van der Waals surface area contributed by atoms with Crippen LogP contribution >= 0.6 is 0 Å². The molecule has 1 nitrogen and oxygen atoms in total. The molecule has 0 atom stereocenters. The van der Waals surface area contributed by atoms with E-state index in [2.05, 4.69) is 43.6 Å². The van der Waals surface area contributed by atoms with E-state index < -0.39 is 0 Å². The molecule has 1 aliphatic carbocycles. The van der Waals surface area contributed by atoms with Gasteiger partial charge in [0.15, 0.2) is 0 Å². The van der Waals surface area contributed by atoms with Gasteiger partial charge in [-0.2, -0.15) is 0 Å². The minimum atomic E-state index is 0.471. The molecule has 0 amide bonds. The van der Waals surface area contributed by atoms with Gasteiger partial charge < -0.3 is 5.32 Å². The van der Waals surface area contributed by atoms with E-state index in [9.17, 15) is 0 Å². The third kappa shape index (κ3) is 2.23. The minimum absolute atomic E-state index is 0.471.